The fourth-order valence-corrected chi connectivity index (χ4v) is 4.65. The SMILES string of the molecule is CO[C@@H]1CCCC[C@H]1N[C@H](C)CS(=O)(=O)c1ccc(C)cc1. The van der Waals surface area contributed by atoms with Crippen LogP contribution < -0.4 is 5.32 Å². The maximum atomic E-state index is 12.5. The highest BCUT2D eigenvalue weighted by Gasteiger charge is 2.27. The van der Waals surface area contributed by atoms with E-state index in [1.165, 1.54) is 12.8 Å². The van der Waals surface area contributed by atoms with Crippen molar-refractivity contribution in [3.8, 4) is 0 Å². The molecule has 1 aromatic rings. The van der Waals surface area contributed by atoms with Crippen molar-refractivity contribution in [1.82, 2.24) is 5.32 Å². The molecule has 124 valence electrons. The first-order valence-corrected chi connectivity index (χ1v) is 9.66. The van der Waals surface area contributed by atoms with E-state index in [0.717, 1.165) is 18.4 Å². The van der Waals surface area contributed by atoms with Crippen molar-refractivity contribution >= 4 is 9.84 Å². The molecule has 1 aromatic carbocycles. The first-order valence-electron chi connectivity index (χ1n) is 8.00. The third kappa shape index (κ3) is 4.54. The first-order chi connectivity index (χ1) is 10.4. The van der Waals surface area contributed by atoms with Crippen molar-refractivity contribution in [2.24, 2.45) is 0 Å². The molecule has 1 N–H and O–H groups in total. The highest BCUT2D eigenvalue weighted by Crippen LogP contribution is 2.21. The third-order valence-corrected chi connectivity index (χ3v) is 6.28. The highest BCUT2D eigenvalue weighted by atomic mass is 32.2. The van der Waals surface area contributed by atoms with Crippen LogP contribution in [0.25, 0.3) is 0 Å². The number of nitrogens with one attached hydrogen (secondary N) is 1. The Hall–Kier alpha value is -0.910. The Bertz CT molecular complexity index is 568. The molecule has 4 nitrogen and oxygen atoms in total. The summed E-state index contributed by atoms with van der Waals surface area (Å²) in [5.41, 5.74) is 1.07. The lowest BCUT2D eigenvalue weighted by atomic mass is 9.92. The van der Waals surface area contributed by atoms with Crippen LogP contribution in [-0.4, -0.2) is 39.5 Å². The molecule has 0 heterocycles. The van der Waals surface area contributed by atoms with E-state index >= 15 is 0 Å². The Morgan fingerprint density at radius 2 is 1.86 bits per heavy atom. The lowest BCUT2D eigenvalue weighted by molar-refractivity contribution is 0.0393. The number of ether oxygens (including phenoxy) is 1. The number of benzene rings is 1. The minimum absolute atomic E-state index is 0.0907. The van der Waals surface area contributed by atoms with Crippen LogP contribution in [0.3, 0.4) is 0 Å². The van der Waals surface area contributed by atoms with Gasteiger partial charge in [-0.15, -0.1) is 0 Å². The number of sulfone groups is 1. The van der Waals surface area contributed by atoms with Gasteiger partial charge < -0.3 is 10.1 Å². The van der Waals surface area contributed by atoms with Gasteiger partial charge in [0.1, 0.15) is 0 Å². The van der Waals surface area contributed by atoms with E-state index in [4.69, 9.17) is 4.74 Å². The van der Waals surface area contributed by atoms with Gasteiger partial charge in [-0.3, -0.25) is 0 Å². The Morgan fingerprint density at radius 1 is 1.23 bits per heavy atom. The van der Waals surface area contributed by atoms with Gasteiger partial charge in [0, 0.05) is 19.2 Å². The van der Waals surface area contributed by atoms with E-state index in [2.05, 4.69) is 5.32 Å². The Labute approximate surface area is 134 Å². The average molecular weight is 325 g/mol. The van der Waals surface area contributed by atoms with Crippen molar-refractivity contribution < 1.29 is 13.2 Å². The second-order valence-electron chi connectivity index (χ2n) is 6.33. The predicted molar refractivity (Wildman–Crippen MR) is 88.9 cm³/mol. The Balaban J connectivity index is 1.98. The summed E-state index contributed by atoms with van der Waals surface area (Å²) in [4.78, 5) is 0.402. The summed E-state index contributed by atoms with van der Waals surface area (Å²) in [6.07, 6.45) is 4.65. The van der Waals surface area contributed by atoms with Gasteiger partial charge in [0.2, 0.25) is 0 Å². The second-order valence-corrected chi connectivity index (χ2v) is 8.36. The fraction of sp³-hybridized carbons (Fsp3) is 0.647. The quantitative estimate of drug-likeness (QED) is 0.874. The molecule has 2 rings (SSSR count). The van der Waals surface area contributed by atoms with Crippen LogP contribution in [0.2, 0.25) is 0 Å². The van der Waals surface area contributed by atoms with Crippen LogP contribution >= 0.6 is 0 Å². The summed E-state index contributed by atoms with van der Waals surface area (Å²) in [6.45, 7) is 3.89. The van der Waals surface area contributed by atoms with Crippen LogP contribution in [-0.2, 0) is 14.6 Å². The molecular formula is C17H27NO3S. The maximum Gasteiger partial charge on any atom is 0.179 e. The molecule has 22 heavy (non-hydrogen) atoms. The second kappa shape index (κ2) is 7.57. The average Bonchev–Trinajstić information content (AvgIpc) is 2.47. The molecule has 0 spiro atoms. The normalized spacial score (nSPS) is 24.1. The van der Waals surface area contributed by atoms with Gasteiger partial charge in [0.25, 0.3) is 0 Å². The molecule has 1 aliphatic rings. The van der Waals surface area contributed by atoms with Crippen LogP contribution in [0.5, 0.6) is 0 Å². The predicted octanol–water partition coefficient (Wildman–Crippen LogP) is 2.70. The van der Waals surface area contributed by atoms with Crippen LogP contribution in [0.1, 0.15) is 38.2 Å². The third-order valence-electron chi connectivity index (χ3n) is 4.35. The van der Waals surface area contributed by atoms with Gasteiger partial charge in [0.05, 0.1) is 16.8 Å². The van der Waals surface area contributed by atoms with E-state index in [0.29, 0.717) is 4.90 Å². The molecule has 0 aromatic heterocycles. The molecule has 1 saturated carbocycles. The molecule has 5 heteroatoms. The topological polar surface area (TPSA) is 55.4 Å². The van der Waals surface area contributed by atoms with E-state index in [9.17, 15) is 8.42 Å². The van der Waals surface area contributed by atoms with Crippen molar-refractivity contribution in [3.05, 3.63) is 29.8 Å². The van der Waals surface area contributed by atoms with Crippen molar-refractivity contribution in [2.45, 2.75) is 62.6 Å². The van der Waals surface area contributed by atoms with Gasteiger partial charge in [-0.1, -0.05) is 30.5 Å². The van der Waals surface area contributed by atoms with E-state index in [1.54, 1.807) is 19.2 Å². The molecule has 1 aliphatic carbocycles. The van der Waals surface area contributed by atoms with Gasteiger partial charge in [0.15, 0.2) is 9.84 Å². The molecule has 0 amide bonds. The summed E-state index contributed by atoms with van der Waals surface area (Å²) in [7, 11) is -1.52. The summed E-state index contributed by atoms with van der Waals surface area (Å²) in [6, 6.07) is 7.22. The number of hydrogen-bond donors (Lipinski definition) is 1. The maximum absolute atomic E-state index is 12.5. The van der Waals surface area contributed by atoms with Gasteiger partial charge in [-0.05, 0) is 38.8 Å². The molecule has 1 fully saturated rings. The van der Waals surface area contributed by atoms with Gasteiger partial charge >= 0.3 is 0 Å². The molecule has 0 aliphatic heterocycles. The minimum atomic E-state index is -3.25. The molecular weight excluding hydrogens is 298 g/mol. The number of rotatable bonds is 6. The number of methoxy groups -OCH3 is 1. The zero-order chi connectivity index (χ0) is 16.2. The zero-order valence-electron chi connectivity index (χ0n) is 13.7. The lowest BCUT2D eigenvalue weighted by Crippen LogP contribution is -2.48. The van der Waals surface area contributed by atoms with Crippen LogP contribution in [0, 0.1) is 6.92 Å². The monoisotopic (exact) mass is 325 g/mol. The van der Waals surface area contributed by atoms with E-state index < -0.39 is 9.84 Å². The molecule has 0 radical (unpaired) electrons. The summed E-state index contributed by atoms with van der Waals surface area (Å²) in [5.74, 6) is 0.114. The highest BCUT2D eigenvalue weighted by molar-refractivity contribution is 7.91. The van der Waals surface area contributed by atoms with E-state index in [1.807, 2.05) is 26.0 Å². The Morgan fingerprint density at radius 3 is 2.50 bits per heavy atom. The molecule has 0 unspecified atom stereocenters. The van der Waals surface area contributed by atoms with Crippen LogP contribution in [0.15, 0.2) is 29.2 Å². The minimum Gasteiger partial charge on any atom is -0.380 e. The van der Waals surface area contributed by atoms with E-state index in [-0.39, 0.29) is 23.9 Å². The van der Waals surface area contributed by atoms with Crippen molar-refractivity contribution in [2.75, 3.05) is 12.9 Å². The molecule has 3 atom stereocenters. The standard InChI is InChI=1S/C17H27NO3S/c1-13-8-10-15(11-9-13)22(19,20)12-14(2)18-16-6-4-5-7-17(16)21-3/h8-11,14,16-18H,4-7,12H2,1-3H3/t14-,16-,17-/m1/s1. The molecule has 0 saturated heterocycles. The van der Waals surface area contributed by atoms with Gasteiger partial charge in [-0.25, -0.2) is 8.42 Å². The summed E-state index contributed by atoms with van der Waals surface area (Å²) >= 11 is 0. The van der Waals surface area contributed by atoms with Crippen LogP contribution in [0.4, 0.5) is 0 Å². The number of hydrogen-bond acceptors (Lipinski definition) is 4. The Kier molecular flexibility index (Phi) is 6.01. The summed E-state index contributed by atoms with van der Waals surface area (Å²) < 4.78 is 30.5. The van der Waals surface area contributed by atoms with Crippen molar-refractivity contribution in [1.29, 1.82) is 0 Å². The zero-order valence-corrected chi connectivity index (χ0v) is 14.5. The first kappa shape index (κ1) is 17.4. The summed E-state index contributed by atoms with van der Waals surface area (Å²) in [5, 5.41) is 3.45. The largest absolute Gasteiger partial charge is 0.380 e. The lowest BCUT2D eigenvalue weighted by Gasteiger charge is -2.33. The smallest absolute Gasteiger partial charge is 0.179 e. The molecule has 0 bridgehead atoms. The van der Waals surface area contributed by atoms with Crippen molar-refractivity contribution in [3.63, 3.8) is 0 Å². The number of aryl methyl sites for hydroxylation is 1. The fourth-order valence-electron chi connectivity index (χ4n) is 3.15. The van der Waals surface area contributed by atoms with Gasteiger partial charge in [-0.2, -0.15) is 0 Å².